The van der Waals surface area contributed by atoms with Crippen molar-refractivity contribution in [2.75, 3.05) is 18.0 Å². The Morgan fingerprint density at radius 2 is 1.68 bits per heavy atom. The second-order valence-corrected chi connectivity index (χ2v) is 4.64. The zero-order valence-electron chi connectivity index (χ0n) is 10.7. The molecular formula is C15H17NO3. The number of carboxylic acid groups (broad SMARTS) is 1. The van der Waals surface area contributed by atoms with Gasteiger partial charge in [0.05, 0.1) is 0 Å². The number of nitrogens with zero attached hydrogens (tertiary/aromatic N) is 1. The summed E-state index contributed by atoms with van der Waals surface area (Å²) in [6.07, 6.45) is 6.37. The first-order valence-electron chi connectivity index (χ1n) is 6.47. The lowest BCUT2D eigenvalue weighted by Gasteiger charge is -2.28. The zero-order chi connectivity index (χ0) is 13.7. The number of ketones is 1. The predicted octanol–water partition coefficient (Wildman–Crippen LogP) is 2.34. The molecule has 1 N–H and O–H groups in total. The van der Waals surface area contributed by atoms with Crippen molar-refractivity contribution in [3.8, 4) is 0 Å². The summed E-state index contributed by atoms with van der Waals surface area (Å²) < 4.78 is 0. The molecule has 0 radical (unpaired) electrons. The largest absolute Gasteiger partial charge is 0.475 e. The highest BCUT2D eigenvalue weighted by molar-refractivity contribution is 6.38. The summed E-state index contributed by atoms with van der Waals surface area (Å²) in [5, 5.41) is 8.47. The van der Waals surface area contributed by atoms with Crippen molar-refractivity contribution in [3.63, 3.8) is 0 Å². The van der Waals surface area contributed by atoms with E-state index < -0.39 is 11.8 Å². The third kappa shape index (κ3) is 3.68. The van der Waals surface area contributed by atoms with Crippen LogP contribution in [0.15, 0.2) is 30.3 Å². The summed E-state index contributed by atoms with van der Waals surface area (Å²) in [5.41, 5.74) is 2.01. The molecule has 0 atom stereocenters. The van der Waals surface area contributed by atoms with Gasteiger partial charge in [0.2, 0.25) is 0 Å². The summed E-state index contributed by atoms with van der Waals surface area (Å²) in [7, 11) is 0. The van der Waals surface area contributed by atoms with Crippen molar-refractivity contribution in [2.45, 2.75) is 19.3 Å². The van der Waals surface area contributed by atoms with Gasteiger partial charge in [-0.3, -0.25) is 4.79 Å². The summed E-state index contributed by atoms with van der Waals surface area (Å²) in [4.78, 5) is 23.7. The van der Waals surface area contributed by atoms with Crippen LogP contribution in [0.3, 0.4) is 0 Å². The highest BCUT2D eigenvalue weighted by atomic mass is 16.4. The van der Waals surface area contributed by atoms with Crippen molar-refractivity contribution in [1.82, 2.24) is 0 Å². The van der Waals surface area contributed by atoms with Crippen LogP contribution < -0.4 is 4.90 Å². The maximum absolute atomic E-state index is 10.9. The van der Waals surface area contributed by atoms with Crippen molar-refractivity contribution >= 4 is 23.5 Å². The molecule has 1 saturated heterocycles. The number of hydrogen-bond donors (Lipinski definition) is 1. The minimum atomic E-state index is -1.43. The second-order valence-electron chi connectivity index (χ2n) is 4.64. The van der Waals surface area contributed by atoms with Gasteiger partial charge in [-0.15, -0.1) is 0 Å². The molecule has 1 aromatic rings. The zero-order valence-corrected chi connectivity index (χ0v) is 10.7. The number of aliphatic carboxylic acids is 1. The number of carbonyl (C=O) groups is 2. The molecule has 4 heteroatoms. The first kappa shape index (κ1) is 13.3. The van der Waals surface area contributed by atoms with Gasteiger partial charge in [-0.25, -0.2) is 4.79 Å². The summed E-state index contributed by atoms with van der Waals surface area (Å²) in [6, 6.07) is 7.82. The molecule has 0 spiro atoms. The van der Waals surface area contributed by atoms with Gasteiger partial charge in [0.1, 0.15) is 0 Å². The van der Waals surface area contributed by atoms with Gasteiger partial charge >= 0.3 is 5.97 Å². The maximum atomic E-state index is 10.9. The van der Waals surface area contributed by atoms with E-state index in [2.05, 4.69) is 4.90 Å². The highest BCUT2D eigenvalue weighted by Crippen LogP contribution is 2.20. The van der Waals surface area contributed by atoms with Gasteiger partial charge in [-0.2, -0.15) is 0 Å². The Hall–Kier alpha value is -2.10. The highest BCUT2D eigenvalue weighted by Gasteiger charge is 2.10. The molecule has 1 aliphatic heterocycles. The quantitative estimate of drug-likeness (QED) is 0.666. The van der Waals surface area contributed by atoms with E-state index in [9.17, 15) is 9.59 Å². The fraction of sp³-hybridized carbons (Fsp3) is 0.333. The topological polar surface area (TPSA) is 57.6 Å². The Labute approximate surface area is 112 Å². The minimum absolute atomic E-state index is 0.829. The Bertz CT molecular complexity index is 485. The summed E-state index contributed by atoms with van der Waals surface area (Å²) >= 11 is 0. The molecule has 0 saturated carbocycles. The number of anilines is 1. The van der Waals surface area contributed by atoms with E-state index in [4.69, 9.17) is 5.11 Å². The number of carbonyl (C=O) groups excluding carboxylic acids is 1. The van der Waals surface area contributed by atoms with E-state index in [0.717, 1.165) is 24.7 Å². The standard InChI is InChI=1S/C15H17NO3/c17-14(15(18)19)9-6-12-4-7-13(8-5-12)16-10-2-1-3-11-16/h4-9H,1-3,10-11H2,(H,18,19)/b9-6+. The molecule has 1 heterocycles. The predicted molar refractivity (Wildman–Crippen MR) is 74.2 cm³/mol. The van der Waals surface area contributed by atoms with Gasteiger partial charge in [-0.1, -0.05) is 18.2 Å². The molecular weight excluding hydrogens is 242 g/mol. The van der Waals surface area contributed by atoms with Crippen LogP contribution in [0.1, 0.15) is 24.8 Å². The summed E-state index contributed by atoms with van der Waals surface area (Å²) in [6.45, 7) is 2.18. The Kier molecular flexibility index (Phi) is 4.34. The van der Waals surface area contributed by atoms with Gasteiger partial charge in [-0.05, 0) is 43.0 Å². The lowest BCUT2D eigenvalue weighted by Crippen LogP contribution is -2.29. The van der Waals surface area contributed by atoms with E-state index in [1.165, 1.54) is 31.0 Å². The molecule has 100 valence electrons. The van der Waals surface area contributed by atoms with Gasteiger partial charge < -0.3 is 10.0 Å². The Morgan fingerprint density at radius 1 is 1.05 bits per heavy atom. The average molecular weight is 259 g/mol. The lowest BCUT2D eigenvalue weighted by molar-refractivity contribution is -0.146. The number of piperidine rings is 1. The second kappa shape index (κ2) is 6.18. The van der Waals surface area contributed by atoms with Gasteiger partial charge in [0.25, 0.3) is 5.78 Å². The van der Waals surface area contributed by atoms with Crippen molar-refractivity contribution in [2.24, 2.45) is 0 Å². The van der Waals surface area contributed by atoms with Crippen LogP contribution >= 0.6 is 0 Å². The fourth-order valence-electron chi connectivity index (χ4n) is 2.19. The smallest absolute Gasteiger partial charge is 0.376 e. The molecule has 1 aromatic carbocycles. The number of hydrogen-bond acceptors (Lipinski definition) is 3. The van der Waals surface area contributed by atoms with Crippen LogP contribution in [-0.2, 0) is 9.59 Å². The van der Waals surface area contributed by atoms with E-state index >= 15 is 0 Å². The first-order valence-corrected chi connectivity index (χ1v) is 6.47. The van der Waals surface area contributed by atoms with Crippen LogP contribution in [-0.4, -0.2) is 29.9 Å². The van der Waals surface area contributed by atoms with E-state index in [-0.39, 0.29) is 0 Å². The number of rotatable bonds is 4. The SMILES string of the molecule is O=C(O)C(=O)/C=C/c1ccc(N2CCCCC2)cc1. The summed E-state index contributed by atoms with van der Waals surface area (Å²) in [5.74, 6) is -2.33. The van der Waals surface area contributed by atoms with E-state index in [0.29, 0.717) is 0 Å². The molecule has 0 amide bonds. The first-order chi connectivity index (χ1) is 9.16. The molecule has 4 nitrogen and oxygen atoms in total. The van der Waals surface area contributed by atoms with Gasteiger partial charge in [0.15, 0.2) is 0 Å². The van der Waals surface area contributed by atoms with Crippen LogP contribution in [0.25, 0.3) is 6.08 Å². The monoisotopic (exact) mass is 259 g/mol. The third-order valence-corrected chi connectivity index (χ3v) is 3.25. The molecule has 0 unspecified atom stereocenters. The normalized spacial score (nSPS) is 15.7. The van der Waals surface area contributed by atoms with Crippen LogP contribution in [0, 0.1) is 0 Å². The molecule has 2 rings (SSSR count). The van der Waals surface area contributed by atoms with Crippen LogP contribution in [0.4, 0.5) is 5.69 Å². The van der Waals surface area contributed by atoms with Crippen LogP contribution in [0.5, 0.6) is 0 Å². The molecule has 19 heavy (non-hydrogen) atoms. The molecule has 1 aliphatic rings. The lowest BCUT2D eigenvalue weighted by atomic mass is 10.1. The van der Waals surface area contributed by atoms with E-state index in [1.807, 2.05) is 24.3 Å². The molecule has 0 aromatic heterocycles. The van der Waals surface area contributed by atoms with Gasteiger partial charge in [0, 0.05) is 18.8 Å². The molecule has 0 aliphatic carbocycles. The van der Waals surface area contributed by atoms with Crippen molar-refractivity contribution < 1.29 is 14.7 Å². The van der Waals surface area contributed by atoms with Crippen molar-refractivity contribution in [3.05, 3.63) is 35.9 Å². The number of carboxylic acids is 1. The Balaban J connectivity index is 2.01. The maximum Gasteiger partial charge on any atom is 0.376 e. The minimum Gasteiger partial charge on any atom is -0.475 e. The van der Waals surface area contributed by atoms with Crippen LogP contribution in [0.2, 0.25) is 0 Å². The third-order valence-electron chi connectivity index (χ3n) is 3.25. The van der Waals surface area contributed by atoms with Crippen molar-refractivity contribution in [1.29, 1.82) is 0 Å². The Morgan fingerprint density at radius 3 is 2.26 bits per heavy atom. The average Bonchev–Trinajstić information content (AvgIpc) is 2.46. The fourth-order valence-corrected chi connectivity index (χ4v) is 2.19. The number of benzene rings is 1. The molecule has 0 bridgehead atoms. The van der Waals surface area contributed by atoms with E-state index in [1.54, 1.807) is 0 Å². The molecule has 1 fully saturated rings.